The third kappa shape index (κ3) is 4.11. The highest BCUT2D eigenvalue weighted by atomic mass is 19.3. The molecule has 0 spiro atoms. The molecule has 21 heavy (non-hydrogen) atoms. The first kappa shape index (κ1) is 15.2. The Balaban J connectivity index is 2.05. The van der Waals surface area contributed by atoms with Crippen LogP contribution >= 0.6 is 0 Å². The van der Waals surface area contributed by atoms with E-state index in [1.807, 2.05) is 26.8 Å². The number of aromatic nitrogens is 2. The highest BCUT2D eigenvalue weighted by Gasteiger charge is 2.09. The number of halogens is 2. The summed E-state index contributed by atoms with van der Waals surface area (Å²) < 4.78 is 28.5. The van der Waals surface area contributed by atoms with Crippen LogP contribution in [0.5, 0.6) is 5.75 Å². The maximum Gasteiger partial charge on any atom is 0.387 e. The van der Waals surface area contributed by atoms with Crippen molar-refractivity contribution in [1.29, 1.82) is 0 Å². The van der Waals surface area contributed by atoms with E-state index < -0.39 is 6.61 Å². The van der Waals surface area contributed by atoms with Gasteiger partial charge in [-0.2, -0.15) is 13.9 Å². The Bertz CT molecular complexity index is 602. The normalized spacial score (nSPS) is 12.3. The monoisotopic (exact) mass is 293 g/mol. The van der Waals surface area contributed by atoms with Gasteiger partial charge in [0, 0.05) is 0 Å². The molecule has 1 unspecified atom stereocenters. The van der Waals surface area contributed by atoms with E-state index in [1.54, 1.807) is 12.1 Å². The second-order valence-corrected chi connectivity index (χ2v) is 4.81. The van der Waals surface area contributed by atoms with Gasteiger partial charge < -0.3 is 10.1 Å². The van der Waals surface area contributed by atoms with Gasteiger partial charge in [0.1, 0.15) is 11.6 Å². The van der Waals surface area contributed by atoms with E-state index in [0.29, 0.717) is 5.82 Å². The van der Waals surface area contributed by atoms with Crippen molar-refractivity contribution < 1.29 is 13.5 Å². The minimum atomic E-state index is -2.81. The molecule has 1 aromatic heterocycles. The van der Waals surface area contributed by atoms with Gasteiger partial charge in [-0.05, 0) is 50.1 Å². The van der Waals surface area contributed by atoms with Crippen molar-refractivity contribution in [3.8, 4) is 5.75 Å². The first-order valence-electron chi connectivity index (χ1n) is 6.58. The van der Waals surface area contributed by atoms with Crippen LogP contribution in [-0.4, -0.2) is 16.8 Å². The van der Waals surface area contributed by atoms with Gasteiger partial charge in [-0.1, -0.05) is 12.1 Å². The van der Waals surface area contributed by atoms with Crippen molar-refractivity contribution in [2.75, 3.05) is 5.32 Å². The van der Waals surface area contributed by atoms with Crippen LogP contribution in [0.15, 0.2) is 30.3 Å². The molecule has 0 aliphatic heterocycles. The quantitative estimate of drug-likeness (QED) is 0.909. The van der Waals surface area contributed by atoms with Crippen LogP contribution in [0, 0.1) is 13.8 Å². The number of nitrogens with one attached hydrogen (secondary N) is 1. The van der Waals surface area contributed by atoms with Crippen LogP contribution in [0.3, 0.4) is 0 Å². The number of ether oxygens (including phenoxy) is 1. The number of benzene rings is 1. The fourth-order valence-corrected chi connectivity index (χ4v) is 1.86. The molecule has 0 bridgehead atoms. The number of nitrogens with zero attached hydrogens (tertiary/aromatic N) is 2. The van der Waals surface area contributed by atoms with Gasteiger partial charge >= 0.3 is 6.61 Å². The summed E-state index contributed by atoms with van der Waals surface area (Å²) in [5, 5.41) is 11.4. The summed E-state index contributed by atoms with van der Waals surface area (Å²) in [6.45, 7) is 3.02. The maximum atomic E-state index is 12.1. The van der Waals surface area contributed by atoms with Crippen molar-refractivity contribution in [2.45, 2.75) is 33.4 Å². The smallest absolute Gasteiger partial charge is 0.387 e. The van der Waals surface area contributed by atoms with Gasteiger partial charge in [-0.25, -0.2) is 0 Å². The van der Waals surface area contributed by atoms with Gasteiger partial charge in [0.25, 0.3) is 0 Å². The summed E-state index contributed by atoms with van der Waals surface area (Å²) in [6.07, 6.45) is 0. The van der Waals surface area contributed by atoms with Crippen LogP contribution in [-0.2, 0) is 0 Å². The van der Waals surface area contributed by atoms with Crippen LogP contribution in [0.2, 0.25) is 0 Å². The lowest BCUT2D eigenvalue weighted by Crippen LogP contribution is -2.09. The zero-order chi connectivity index (χ0) is 15.4. The molecule has 2 aromatic rings. The van der Waals surface area contributed by atoms with Crippen molar-refractivity contribution in [3.05, 3.63) is 47.2 Å². The predicted octanol–water partition coefficient (Wildman–Crippen LogP) is 3.87. The highest BCUT2D eigenvalue weighted by Crippen LogP contribution is 2.22. The third-order valence-corrected chi connectivity index (χ3v) is 3.20. The lowest BCUT2D eigenvalue weighted by Gasteiger charge is -2.15. The Labute approximate surface area is 122 Å². The average Bonchev–Trinajstić information content (AvgIpc) is 2.43. The zero-order valence-electron chi connectivity index (χ0n) is 12.1. The molecule has 2 rings (SSSR count). The molecule has 0 aliphatic carbocycles. The second kappa shape index (κ2) is 6.47. The fraction of sp³-hybridized carbons (Fsp3) is 0.333. The second-order valence-electron chi connectivity index (χ2n) is 4.81. The fourth-order valence-electron chi connectivity index (χ4n) is 1.86. The molecule has 6 heteroatoms. The number of alkyl halides is 2. The van der Waals surface area contributed by atoms with E-state index in [-0.39, 0.29) is 11.8 Å². The van der Waals surface area contributed by atoms with Crippen LogP contribution in [0.1, 0.15) is 29.8 Å². The molecule has 0 amide bonds. The van der Waals surface area contributed by atoms with Gasteiger partial charge in [0.15, 0.2) is 0 Å². The van der Waals surface area contributed by atoms with E-state index in [1.165, 1.54) is 12.1 Å². The Morgan fingerprint density at radius 3 is 2.33 bits per heavy atom. The molecule has 0 aliphatic rings. The molecule has 0 saturated carbocycles. The van der Waals surface area contributed by atoms with E-state index in [0.717, 1.165) is 16.8 Å². The number of rotatable bonds is 5. The molecule has 1 N–H and O–H groups in total. The van der Waals surface area contributed by atoms with E-state index in [2.05, 4.69) is 20.3 Å². The molecule has 0 radical (unpaired) electrons. The van der Waals surface area contributed by atoms with Crippen molar-refractivity contribution in [3.63, 3.8) is 0 Å². The van der Waals surface area contributed by atoms with Gasteiger partial charge in [0.05, 0.1) is 11.7 Å². The molecule has 0 fully saturated rings. The van der Waals surface area contributed by atoms with Crippen LogP contribution in [0.25, 0.3) is 0 Å². The van der Waals surface area contributed by atoms with Crippen molar-refractivity contribution in [1.82, 2.24) is 10.2 Å². The van der Waals surface area contributed by atoms with E-state index >= 15 is 0 Å². The third-order valence-electron chi connectivity index (χ3n) is 3.20. The minimum Gasteiger partial charge on any atom is -0.435 e. The molecule has 0 saturated heterocycles. The molecule has 1 aromatic carbocycles. The number of aryl methyl sites for hydroxylation is 2. The lowest BCUT2D eigenvalue weighted by molar-refractivity contribution is -0.0498. The SMILES string of the molecule is Cc1cc(NC(C)c2ccc(OC(F)F)cc2)nnc1C. The molecule has 1 heterocycles. The summed E-state index contributed by atoms with van der Waals surface area (Å²) in [4.78, 5) is 0. The largest absolute Gasteiger partial charge is 0.435 e. The van der Waals surface area contributed by atoms with E-state index in [4.69, 9.17) is 0 Å². The van der Waals surface area contributed by atoms with Gasteiger partial charge in [-0.3, -0.25) is 0 Å². The molecule has 112 valence electrons. The summed E-state index contributed by atoms with van der Waals surface area (Å²) in [5.74, 6) is 0.824. The Kier molecular flexibility index (Phi) is 4.67. The Hall–Kier alpha value is -2.24. The number of anilines is 1. The molecule has 4 nitrogen and oxygen atoms in total. The van der Waals surface area contributed by atoms with Gasteiger partial charge in [0.2, 0.25) is 0 Å². The van der Waals surface area contributed by atoms with E-state index in [9.17, 15) is 8.78 Å². The van der Waals surface area contributed by atoms with Crippen molar-refractivity contribution >= 4 is 5.82 Å². The summed E-state index contributed by atoms with van der Waals surface area (Å²) in [7, 11) is 0. The topological polar surface area (TPSA) is 47.0 Å². The van der Waals surface area contributed by atoms with Crippen LogP contribution < -0.4 is 10.1 Å². The molecular weight excluding hydrogens is 276 g/mol. The Morgan fingerprint density at radius 2 is 1.76 bits per heavy atom. The first-order valence-corrected chi connectivity index (χ1v) is 6.58. The maximum absolute atomic E-state index is 12.1. The highest BCUT2D eigenvalue weighted by molar-refractivity contribution is 5.41. The summed E-state index contributed by atoms with van der Waals surface area (Å²) in [6, 6.07) is 8.42. The van der Waals surface area contributed by atoms with Gasteiger partial charge in [-0.15, -0.1) is 5.10 Å². The zero-order valence-corrected chi connectivity index (χ0v) is 12.1. The van der Waals surface area contributed by atoms with Crippen molar-refractivity contribution in [2.24, 2.45) is 0 Å². The number of hydrogen-bond acceptors (Lipinski definition) is 4. The van der Waals surface area contributed by atoms with Crippen LogP contribution in [0.4, 0.5) is 14.6 Å². The standard InChI is InChI=1S/C15H17F2N3O/c1-9-8-14(20-19-10(9)2)18-11(3)12-4-6-13(7-5-12)21-15(16)17/h4-8,11,15H,1-3H3,(H,18,20). The molecular formula is C15H17F2N3O. The summed E-state index contributed by atoms with van der Waals surface area (Å²) >= 11 is 0. The lowest BCUT2D eigenvalue weighted by atomic mass is 10.1. The minimum absolute atomic E-state index is 0.0259. The summed E-state index contributed by atoms with van der Waals surface area (Å²) in [5.41, 5.74) is 2.89. The Morgan fingerprint density at radius 1 is 1.10 bits per heavy atom. The predicted molar refractivity (Wildman–Crippen MR) is 76.6 cm³/mol. The number of hydrogen-bond donors (Lipinski definition) is 1. The first-order chi connectivity index (χ1) is 9.95. The molecule has 1 atom stereocenters. The average molecular weight is 293 g/mol.